The van der Waals surface area contributed by atoms with E-state index in [0.29, 0.717) is 19.8 Å². The summed E-state index contributed by atoms with van der Waals surface area (Å²) < 4.78 is 55.4. The van der Waals surface area contributed by atoms with Gasteiger partial charge >= 0.3 is 53.7 Å². The number of methoxy groups -OCH3 is 3. The van der Waals surface area contributed by atoms with Crippen LogP contribution in [0, 0.1) is 49.2 Å². The third-order valence-corrected chi connectivity index (χ3v) is 19.4. The predicted molar refractivity (Wildman–Crippen MR) is 431 cm³/mol. The molecule has 1 saturated carbocycles. The van der Waals surface area contributed by atoms with Gasteiger partial charge in [-0.25, -0.2) is 0 Å². The third kappa shape index (κ3) is 60.0. The SMILES string of the molecule is CCC(C)(C)C(=O)OC.CCC(C)(C)C(=O)OC(C)C.CCC(C)(C)C(=O)OC(C)OC.CCC(C)(C)C(=O)OC1CCCCC1.CCC(C)C(=O)OC.CCCCCC(CC)OC(=O)C(C)(C)CC.CCCCOC(C)OC(=O)C(C)(C)CC.CCCOC(=O)C(C)(C)CC.CCOC(=O)C(C)(C)CC. The molecule has 0 spiro atoms. The molecule has 0 aromatic carbocycles. The maximum Gasteiger partial charge on any atom is 0.313 e. The first-order valence-corrected chi connectivity index (χ1v) is 40.4. The first-order valence-electron chi connectivity index (χ1n) is 40.4. The average molecular weight is 1520 g/mol. The fraction of sp³-hybridized carbons (Fsp3) is 0.895. The number of ether oxygens (including phenoxy) is 11. The molecule has 1 aliphatic carbocycles. The molecule has 0 heterocycles. The van der Waals surface area contributed by atoms with E-state index in [9.17, 15) is 43.2 Å². The minimum atomic E-state index is -0.455. The molecule has 20 nitrogen and oxygen atoms in total. The number of rotatable bonds is 36. The van der Waals surface area contributed by atoms with Crippen LogP contribution in [0.5, 0.6) is 0 Å². The van der Waals surface area contributed by atoms with Crippen LogP contribution in [-0.2, 0) is 95.3 Å². The summed E-state index contributed by atoms with van der Waals surface area (Å²) in [7, 11) is 4.34. The standard InChI is InChI=1S/C14H28O2.C12H24O3.C12H22O2.C9H18O3.2C9H18O2.C8H16O2.C7H14O2.C6H12O2/c1-6-9-10-11-12(7-2)16-13(15)14(4,5)8-3;1-6-8-9-14-10(3)15-11(13)12(4,5)7-2;1-4-12(2,3)11(13)14-10-8-6-5-7-9-10;1-6-9(3,4)8(10)12-7(2)11-5;1-6-9(4,5)8(10)11-7(2)3;1-5-7-11-8(10)9(3,4)6-2;1-5-8(3,4)7(9)10-6-2;1-5-7(2,3)6(8)9-4;1-4-5(2)6(7)8-3/h12H,6-11H2,1-5H3;10H,6-9H2,1-5H3;10H,4-9H2,1-3H3;7H,6H2,1-5H3;7H,6H2,1-5H3;5-7H2,1-4H3;5-6H2,1-4H3;5H2,1-4H3;5H,4H2,1-3H3. The summed E-state index contributed by atoms with van der Waals surface area (Å²) in [6, 6.07) is 0. The Morgan fingerprint density at radius 3 is 1.00 bits per heavy atom. The Balaban J connectivity index is -0.000000171. The van der Waals surface area contributed by atoms with Gasteiger partial charge in [-0.1, -0.05) is 123 Å². The van der Waals surface area contributed by atoms with E-state index in [1.54, 1.807) is 13.8 Å². The number of hydrogen-bond acceptors (Lipinski definition) is 20. The molecule has 0 aromatic rings. The van der Waals surface area contributed by atoms with Crippen molar-refractivity contribution in [2.75, 3.05) is 41.2 Å². The van der Waals surface area contributed by atoms with Gasteiger partial charge in [0, 0.05) is 7.11 Å². The van der Waals surface area contributed by atoms with Crippen LogP contribution in [0.1, 0.15) is 384 Å². The van der Waals surface area contributed by atoms with Crippen molar-refractivity contribution < 1.29 is 95.3 Å². The Hall–Kier alpha value is -4.85. The molecule has 0 saturated heterocycles. The van der Waals surface area contributed by atoms with Crippen molar-refractivity contribution in [3.8, 4) is 0 Å². The molecule has 0 aliphatic heterocycles. The molecule has 4 unspecified atom stereocenters. The quantitative estimate of drug-likeness (QED) is 0.0244. The molecule has 1 rings (SSSR count). The van der Waals surface area contributed by atoms with Gasteiger partial charge in [0.2, 0.25) is 0 Å². The number of hydrogen-bond donors (Lipinski definition) is 0. The lowest BCUT2D eigenvalue weighted by Gasteiger charge is -2.27. The largest absolute Gasteiger partial charge is 0.469 e. The molecule has 4 atom stereocenters. The topological polar surface area (TPSA) is 255 Å². The van der Waals surface area contributed by atoms with Crippen molar-refractivity contribution in [3.05, 3.63) is 0 Å². The van der Waals surface area contributed by atoms with Crippen LogP contribution in [0.3, 0.4) is 0 Å². The molecule has 106 heavy (non-hydrogen) atoms. The first-order chi connectivity index (χ1) is 48.6. The molecular formula is C86H170O20. The molecule has 0 aromatic heterocycles. The summed E-state index contributed by atoms with van der Waals surface area (Å²) in [4.78, 5) is 102. The summed E-state index contributed by atoms with van der Waals surface area (Å²) in [6.45, 7) is 69.2. The highest BCUT2D eigenvalue weighted by atomic mass is 16.7. The zero-order valence-electron chi connectivity index (χ0n) is 75.8. The molecule has 0 bridgehead atoms. The van der Waals surface area contributed by atoms with Gasteiger partial charge in [-0.05, 0) is 261 Å². The molecule has 20 heteroatoms. The van der Waals surface area contributed by atoms with Gasteiger partial charge in [0.1, 0.15) is 12.2 Å². The van der Waals surface area contributed by atoms with E-state index >= 15 is 0 Å². The van der Waals surface area contributed by atoms with E-state index in [4.69, 9.17) is 42.6 Å². The van der Waals surface area contributed by atoms with Gasteiger partial charge in [-0.15, -0.1) is 0 Å². The van der Waals surface area contributed by atoms with E-state index in [2.05, 4.69) is 30.2 Å². The van der Waals surface area contributed by atoms with Crippen molar-refractivity contribution in [2.45, 2.75) is 414 Å². The Labute approximate surface area is 651 Å². The second-order valence-electron chi connectivity index (χ2n) is 32.5. The van der Waals surface area contributed by atoms with Crippen molar-refractivity contribution in [3.63, 3.8) is 0 Å². The Bertz CT molecular complexity index is 2270. The Kier molecular flexibility index (Phi) is 70.5. The maximum atomic E-state index is 11.9. The summed E-state index contributed by atoms with van der Waals surface area (Å²) in [5, 5.41) is 0. The van der Waals surface area contributed by atoms with Gasteiger partial charge in [-0.3, -0.25) is 43.2 Å². The van der Waals surface area contributed by atoms with Gasteiger partial charge in [-0.2, -0.15) is 0 Å². The summed E-state index contributed by atoms with van der Waals surface area (Å²) in [6.07, 6.45) is 21.1. The van der Waals surface area contributed by atoms with E-state index in [1.807, 2.05) is 208 Å². The zero-order valence-corrected chi connectivity index (χ0v) is 75.8. The van der Waals surface area contributed by atoms with Crippen LogP contribution in [0.15, 0.2) is 0 Å². The number of carbonyl (C=O) groups excluding carboxylic acids is 9. The summed E-state index contributed by atoms with van der Waals surface area (Å²) >= 11 is 0. The third-order valence-electron chi connectivity index (χ3n) is 19.4. The molecular weight excluding hydrogens is 1350 g/mol. The van der Waals surface area contributed by atoms with Crippen LogP contribution >= 0.6 is 0 Å². The van der Waals surface area contributed by atoms with E-state index in [1.165, 1.54) is 53.4 Å². The maximum absolute atomic E-state index is 11.9. The van der Waals surface area contributed by atoms with Crippen molar-refractivity contribution in [1.82, 2.24) is 0 Å². The number of unbranched alkanes of at least 4 members (excludes halogenated alkanes) is 3. The number of esters is 9. The molecule has 0 radical (unpaired) electrons. The highest BCUT2D eigenvalue weighted by molar-refractivity contribution is 5.79. The molecule has 0 amide bonds. The van der Waals surface area contributed by atoms with Crippen molar-refractivity contribution >= 4 is 53.7 Å². The predicted octanol–water partition coefficient (Wildman–Crippen LogP) is 22.2. The van der Waals surface area contributed by atoms with E-state index in [0.717, 1.165) is 109 Å². The van der Waals surface area contributed by atoms with Crippen LogP contribution in [-0.4, -0.2) is 126 Å². The molecule has 634 valence electrons. The van der Waals surface area contributed by atoms with Crippen LogP contribution in [0.2, 0.25) is 0 Å². The molecule has 0 N–H and O–H groups in total. The first kappa shape index (κ1) is 117. The van der Waals surface area contributed by atoms with Gasteiger partial charge in [0.05, 0.1) is 89.4 Å². The lowest BCUT2D eigenvalue weighted by molar-refractivity contribution is -0.185. The van der Waals surface area contributed by atoms with Gasteiger partial charge < -0.3 is 52.1 Å². The Morgan fingerprint density at radius 2 is 0.698 bits per heavy atom. The second-order valence-corrected chi connectivity index (χ2v) is 32.5. The van der Waals surface area contributed by atoms with Crippen molar-refractivity contribution in [2.24, 2.45) is 49.2 Å². The highest BCUT2D eigenvalue weighted by Crippen LogP contribution is 2.30. The minimum absolute atomic E-state index is 0.00618. The molecule has 1 aliphatic rings. The monoisotopic (exact) mass is 1520 g/mol. The fourth-order valence-electron chi connectivity index (χ4n) is 6.76. The van der Waals surface area contributed by atoms with E-state index < -0.39 is 23.4 Å². The fourth-order valence-corrected chi connectivity index (χ4v) is 6.76. The lowest BCUT2D eigenvalue weighted by atomic mass is 9.90. The summed E-state index contributed by atoms with van der Waals surface area (Å²) in [5.41, 5.74) is -2.73. The number of carbonyl (C=O) groups is 9. The van der Waals surface area contributed by atoms with Crippen molar-refractivity contribution in [1.29, 1.82) is 0 Å². The van der Waals surface area contributed by atoms with Gasteiger partial charge in [0.15, 0.2) is 12.6 Å². The van der Waals surface area contributed by atoms with Crippen LogP contribution in [0.4, 0.5) is 0 Å². The van der Waals surface area contributed by atoms with Crippen LogP contribution in [0.25, 0.3) is 0 Å². The Morgan fingerprint density at radius 1 is 0.349 bits per heavy atom. The van der Waals surface area contributed by atoms with Crippen LogP contribution < -0.4 is 0 Å². The second kappa shape index (κ2) is 63.9. The normalized spacial score (nSPS) is 13.5. The minimum Gasteiger partial charge on any atom is -0.469 e. The smallest absolute Gasteiger partial charge is 0.313 e. The molecule has 1 fully saturated rings. The highest BCUT2D eigenvalue weighted by Gasteiger charge is 2.34. The van der Waals surface area contributed by atoms with Gasteiger partial charge in [0.25, 0.3) is 0 Å². The summed E-state index contributed by atoms with van der Waals surface area (Å²) in [5.74, 6) is -0.939. The average Bonchev–Trinajstić information content (AvgIpc) is 0.886. The zero-order chi connectivity index (χ0) is 85.1. The van der Waals surface area contributed by atoms with E-state index in [-0.39, 0.29) is 110 Å². The lowest BCUT2D eigenvalue weighted by Crippen LogP contribution is -2.31.